The summed E-state index contributed by atoms with van der Waals surface area (Å²) in [5.74, 6) is 2.31. The molecule has 0 amide bonds. The van der Waals surface area contributed by atoms with Crippen molar-refractivity contribution in [3.05, 3.63) is 200 Å². The Morgan fingerprint density at radius 1 is 0.273 bits per heavy atom. The lowest BCUT2D eigenvalue weighted by Crippen LogP contribution is -2.31. The summed E-state index contributed by atoms with van der Waals surface area (Å²) in [7, 11) is 0. The average molecular weight is 963 g/mol. The van der Waals surface area contributed by atoms with Crippen molar-refractivity contribution in [1.82, 2.24) is 0 Å². The van der Waals surface area contributed by atoms with Crippen LogP contribution >= 0.6 is 70.6 Å². The lowest BCUT2D eigenvalue weighted by molar-refractivity contribution is 0.0812. The van der Waals surface area contributed by atoms with Gasteiger partial charge < -0.3 is 14.2 Å². The van der Waals surface area contributed by atoms with Gasteiger partial charge in [0.2, 0.25) is 0 Å². The highest BCUT2D eigenvalue weighted by molar-refractivity contribution is 8.06. The summed E-state index contributed by atoms with van der Waals surface area (Å²) in [4.78, 5) is 15.5. The molecule has 0 unspecified atom stereocenters. The first kappa shape index (κ1) is 41.9. The molecule has 3 aliphatic rings. The minimum absolute atomic E-state index is 0.301. The van der Waals surface area contributed by atoms with Crippen molar-refractivity contribution in [2.24, 2.45) is 0 Å². The Labute approximate surface area is 410 Å². The summed E-state index contributed by atoms with van der Waals surface area (Å²) in [5.41, 5.74) is 7.14. The zero-order valence-electron chi connectivity index (χ0n) is 35.2. The van der Waals surface area contributed by atoms with E-state index in [-0.39, 0.29) is 0 Å². The monoisotopic (exact) mass is 962 g/mol. The molecule has 0 spiro atoms. The molecule has 12 rings (SSSR count). The van der Waals surface area contributed by atoms with Gasteiger partial charge in [-0.05, 0) is 124 Å². The zero-order chi connectivity index (χ0) is 43.8. The van der Waals surface area contributed by atoms with Crippen molar-refractivity contribution in [1.29, 1.82) is 0 Å². The molecule has 0 atom stereocenters. The fraction of sp³-hybridized carbons (Fsp3) is 0.0526. The van der Waals surface area contributed by atoms with E-state index in [4.69, 9.17) is 14.2 Å². The minimum Gasteiger partial charge on any atom is -0.490 e. The van der Waals surface area contributed by atoms with Crippen molar-refractivity contribution >= 4 is 70.6 Å². The van der Waals surface area contributed by atoms with Crippen LogP contribution in [0.3, 0.4) is 0 Å². The number of rotatable bonds is 11. The summed E-state index contributed by atoms with van der Waals surface area (Å²) >= 11 is 11.1. The minimum atomic E-state index is -0.396. The van der Waals surface area contributed by atoms with E-state index >= 15 is 0 Å². The number of fused-ring (bicyclic) bond motifs is 6. The molecule has 0 fully saturated rings. The fourth-order valence-corrected chi connectivity index (χ4v) is 15.4. The van der Waals surface area contributed by atoms with Crippen molar-refractivity contribution in [3.63, 3.8) is 0 Å². The molecule has 3 heterocycles. The summed E-state index contributed by atoms with van der Waals surface area (Å²) in [6.07, 6.45) is -0.396. The summed E-state index contributed by atoms with van der Waals surface area (Å²) < 4.78 is 19.7. The predicted molar refractivity (Wildman–Crippen MR) is 275 cm³/mol. The zero-order valence-corrected chi connectivity index (χ0v) is 40.1. The Morgan fingerprint density at radius 2 is 0.561 bits per heavy atom. The van der Waals surface area contributed by atoms with Gasteiger partial charge in [-0.3, -0.25) is 0 Å². The molecular weight excluding hydrogens is 925 g/mol. The van der Waals surface area contributed by atoms with Crippen LogP contribution in [0.25, 0.3) is 33.4 Å². The van der Waals surface area contributed by atoms with E-state index in [9.17, 15) is 0 Å². The highest BCUT2D eigenvalue weighted by Crippen LogP contribution is 2.54. The second-order valence-electron chi connectivity index (χ2n) is 15.8. The van der Waals surface area contributed by atoms with Gasteiger partial charge in [-0.2, -0.15) is 0 Å². The van der Waals surface area contributed by atoms with Crippen molar-refractivity contribution in [2.45, 2.75) is 64.8 Å². The molecule has 320 valence electrons. The van der Waals surface area contributed by atoms with Crippen LogP contribution in [0, 0.1) is 0 Å². The van der Waals surface area contributed by atoms with Crippen LogP contribution < -0.4 is 14.2 Å². The molecule has 3 aliphatic heterocycles. The third-order valence-corrected chi connectivity index (χ3v) is 19.3. The maximum absolute atomic E-state index is 6.71. The first-order valence-corrected chi connectivity index (χ1v) is 26.5. The Morgan fingerprint density at radius 3 is 0.894 bits per heavy atom. The molecule has 0 aromatic heterocycles. The lowest BCUT2D eigenvalue weighted by atomic mass is 10.1. The Balaban J connectivity index is 0.769. The molecule has 0 bridgehead atoms. The summed E-state index contributed by atoms with van der Waals surface area (Å²) in [6.45, 7) is 0.602. The summed E-state index contributed by atoms with van der Waals surface area (Å²) in [6, 6.07) is 70.9. The van der Waals surface area contributed by atoms with Gasteiger partial charge in [0.15, 0.2) is 6.10 Å². The van der Waals surface area contributed by atoms with Gasteiger partial charge in [-0.25, -0.2) is 0 Å². The van der Waals surface area contributed by atoms with Crippen molar-refractivity contribution < 1.29 is 14.2 Å². The van der Waals surface area contributed by atoms with Gasteiger partial charge in [-0.15, -0.1) is 0 Å². The Kier molecular flexibility index (Phi) is 11.8. The van der Waals surface area contributed by atoms with Gasteiger partial charge in [0.05, 0.1) is 0 Å². The molecule has 9 heteroatoms. The van der Waals surface area contributed by atoms with Gasteiger partial charge in [-0.1, -0.05) is 180 Å². The van der Waals surface area contributed by atoms with E-state index in [0.29, 0.717) is 13.2 Å². The molecule has 66 heavy (non-hydrogen) atoms. The van der Waals surface area contributed by atoms with Crippen LogP contribution in [0.2, 0.25) is 0 Å². The lowest BCUT2D eigenvalue weighted by Gasteiger charge is -2.22. The summed E-state index contributed by atoms with van der Waals surface area (Å²) in [5, 5.41) is 0. The normalized spacial score (nSPS) is 13.0. The van der Waals surface area contributed by atoms with E-state index in [2.05, 4.69) is 200 Å². The number of benzene rings is 9. The smallest absolute Gasteiger partial charge is 0.166 e. The first-order valence-electron chi connectivity index (χ1n) is 21.6. The molecule has 0 radical (unpaired) electrons. The van der Waals surface area contributed by atoms with E-state index in [1.54, 1.807) is 0 Å². The highest BCUT2D eigenvalue weighted by Gasteiger charge is 2.24. The Hall–Kier alpha value is -5.52. The molecule has 0 N–H and O–H groups in total. The molecule has 9 aromatic carbocycles. The second kappa shape index (κ2) is 18.6. The predicted octanol–water partition coefficient (Wildman–Crippen LogP) is 17.4. The van der Waals surface area contributed by atoms with E-state index in [1.165, 1.54) is 75.4 Å². The average Bonchev–Trinajstić information content (AvgIpc) is 3.37. The molecule has 3 nitrogen and oxygen atoms in total. The van der Waals surface area contributed by atoms with Gasteiger partial charge in [0, 0.05) is 58.7 Å². The number of ether oxygens (including phenoxy) is 3. The van der Waals surface area contributed by atoms with E-state index in [1.807, 2.05) is 70.6 Å². The van der Waals surface area contributed by atoms with Crippen LogP contribution in [0.15, 0.2) is 259 Å². The van der Waals surface area contributed by atoms with Crippen molar-refractivity contribution in [3.8, 4) is 50.6 Å². The first-order chi connectivity index (χ1) is 32.6. The third-order valence-electron chi connectivity index (χ3n) is 11.5. The molecule has 0 saturated heterocycles. The van der Waals surface area contributed by atoms with Crippen LogP contribution in [-0.4, -0.2) is 19.3 Å². The van der Waals surface area contributed by atoms with Crippen LogP contribution in [-0.2, 0) is 0 Å². The fourth-order valence-electron chi connectivity index (χ4n) is 8.19. The SMILES string of the molecule is c1ccc2c(c1)Sc1cccc(-c3ccc(OCC(COc4ccc(-c5cccc6c5Sc5ccccc5S6)cc4)Oc4ccc(-c5cccc6c5Sc5ccccc5S6)cc4)cc3)c1S2. The number of hydrogen-bond donors (Lipinski definition) is 0. The molecule has 9 aromatic rings. The maximum atomic E-state index is 6.71. The quantitative estimate of drug-likeness (QED) is 0.126. The standard InChI is InChI=1S/C57H38O3S6/c1-4-16-49-46(13-1)61-52-19-7-10-43(55(52)64-49)36-22-28-39(29-23-36)58-34-42(60-41-32-26-38(27-33-41)45-12-9-21-54-57(45)66-51-18-6-3-15-48(51)63-54)35-59-40-30-24-37(25-31-40)44-11-8-20-53-56(44)65-50-17-5-2-14-47(50)62-53/h1-33,42H,34-35H2. The third kappa shape index (κ3) is 8.65. The Bertz CT molecular complexity index is 3100. The van der Waals surface area contributed by atoms with Crippen LogP contribution in [0.5, 0.6) is 17.2 Å². The van der Waals surface area contributed by atoms with Crippen LogP contribution in [0.4, 0.5) is 0 Å². The van der Waals surface area contributed by atoms with E-state index < -0.39 is 6.10 Å². The number of hydrogen-bond acceptors (Lipinski definition) is 9. The van der Waals surface area contributed by atoms with Gasteiger partial charge in [0.25, 0.3) is 0 Å². The molecular formula is C57H38O3S6. The second-order valence-corrected chi connectivity index (χ2v) is 22.2. The van der Waals surface area contributed by atoms with Crippen molar-refractivity contribution in [2.75, 3.05) is 13.2 Å². The topological polar surface area (TPSA) is 27.7 Å². The maximum Gasteiger partial charge on any atom is 0.166 e. The highest BCUT2D eigenvalue weighted by atomic mass is 32.2. The van der Waals surface area contributed by atoms with Crippen LogP contribution in [0.1, 0.15) is 0 Å². The van der Waals surface area contributed by atoms with E-state index in [0.717, 1.165) is 33.9 Å². The van der Waals surface area contributed by atoms with Gasteiger partial charge >= 0.3 is 0 Å². The molecule has 0 saturated carbocycles. The van der Waals surface area contributed by atoms with Gasteiger partial charge in [0.1, 0.15) is 30.5 Å². The largest absolute Gasteiger partial charge is 0.490 e. The molecule has 0 aliphatic carbocycles.